The van der Waals surface area contributed by atoms with Crippen molar-refractivity contribution in [3.63, 3.8) is 0 Å². The number of anilines is 3. The summed E-state index contributed by atoms with van der Waals surface area (Å²) >= 11 is 5.81. The molecule has 1 saturated heterocycles. The maximum absolute atomic E-state index is 13.3. The quantitative estimate of drug-likeness (QED) is 0.607. The van der Waals surface area contributed by atoms with E-state index in [1.807, 2.05) is 36.1 Å². The highest BCUT2D eigenvalue weighted by molar-refractivity contribution is 6.30. The second-order valence-electron chi connectivity index (χ2n) is 7.74. The number of hydrogen-bond donors (Lipinski definition) is 1. The molecule has 7 nitrogen and oxygen atoms in total. The Balaban J connectivity index is 1.26. The van der Waals surface area contributed by atoms with Gasteiger partial charge in [-0.2, -0.15) is 0 Å². The molecule has 32 heavy (non-hydrogen) atoms. The average Bonchev–Trinajstić information content (AvgIpc) is 2.82. The molecule has 4 rings (SSSR count). The van der Waals surface area contributed by atoms with Gasteiger partial charge < -0.3 is 15.1 Å². The van der Waals surface area contributed by atoms with E-state index in [9.17, 15) is 9.18 Å². The zero-order valence-electron chi connectivity index (χ0n) is 17.8. The van der Waals surface area contributed by atoms with Crippen molar-refractivity contribution in [2.75, 3.05) is 36.4 Å². The van der Waals surface area contributed by atoms with Gasteiger partial charge in [-0.05, 0) is 54.8 Å². The molecule has 9 heteroatoms. The lowest BCUT2D eigenvalue weighted by Gasteiger charge is -2.35. The number of hydrogen-bond acceptors (Lipinski definition) is 6. The van der Waals surface area contributed by atoms with E-state index in [0.717, 1.165) is 16.9 Å². The van der Waals surface area contributed by atoms with Crippen molar-refractivity contribution in [1.29, 1.82) is 0 Å². The summed E-state index contributed by atoms with van der Waals surface area (Å²) in [5.41, 5.74) is 1.95. The fourth-order valence-electron chi connectivity index (χ4n) is 3.52. The van der Waals surface area contributed by atoms with Crippen molar-refractivity contribution in [1.82, 2.24) is 20.1 Å². The number of piperazine rings is 1. The van der Waals surface area contributed by atoms with E-state index in [1.165, 1.54) is 6.07 Å². The second kappa shape index (κ2) is 9.91. The van der Waals surface area contributed by atoms with Crippen LogP contribution in [0, 0.1) is 12.7 Å². The summed E-state index contributed by atoms with van der Waals surface area (Å²) in [7, 11) is 0. The van der Waals surface area contributed by atoms with Gasteiger partial charge in [0.25, 0.3) is 0 Å². The summed E-state index contributed by atoms with van der Waals surface area (Å²) in [5, 5.41) is 11.8. The molecule has 3 heterocycles. The number of aryl methyl sites for hydroxylation is 2. The molecular formula is C23H24ClFN6O. The third kappa shape index (κ3) is 5.50. The first-order chi connectivity index (χ1) is 15.5. The molecule has 1 aliphatic rings. The van der Waals surface area contributed by atoms with Gasteiger partial charge in [-0.1, -0.05) is 23.7 Å². The number of carbonyl (C=O) groups excluding carboxylic acids is 1. The molecule has 0 unspecified atom stereocenters. The Hall–Kier alpha value is -3.26. The number of rotatable bonds is 6. The van der Waals surface area contributed by atoms with Crippen molar-refractivity contribution in [2.24, 2.45) is 0 Å². The lowest BCUT2D eigenvalue weighted by atomic mass is 10.1. The van der Waals surface area contributed by atoms with Gasteiger partial charge in [0.15, 0.2) is 11.6 Å². The van der Waals surface area contributed by atoms with Crippen molar-refractivity contribution in [2.45, 2.75) is 19.8 Å². The zero-order valence-corrected chi connectivity index (χ0v) is 18.5. The van der Waals surface area contributed by atoms with Crippen LogP contribution in [0.1, 0.15) is 17.5 Å². The van der Waals surface area contributed by atoms with Crippen molar-refractivity contribution >= 4 is 35.0 Å². The van der Waals surface area contributed by atoms with Crippen LogP contribution in [0.5, 0.6) is 0 Å². The fraction of sp³-hybridized carbons (Fsp3) is 0.304. The van der Waals surface area contributed by atoms with Crippen molar-refractivity contribution < 1.29 is 9.18 Å². The molecule has 0 bridgehead atoms. The van der Waals surface area contributed by atoms with Crippen LogP contribution in [0.4, 0.5) is 21.8 Å². The Morgan fingerprint density at radius 1 is 1.06 bits per heavy atom. The van der Waals surface area contributed by atoms with Crippen LogP contribution < -0.4 is 10.2 Å². The van der Waals surface area contributed by atoms with Crippen molar-refractivity contribution in [3.8, 4) is 0 Å². The van der Waals surface area contributed by atoms with Gasteiger partial charge in [0, 0.05) is 38.8 Å². The van der Waals surface area contributed by atoms with E-state index in [4.69, 9.17) is 11.6 Å². The number of aromatic nitrogens is 3. The standard InChI is InChI=1S/C23H24ClFN6O/c1-16-2-6-20(26-15-16)27-21-7-8-22(29-28-21)30-10-12-31(13-11-30)23(32)9-4-17-3-5-19(25)18(24)14-17/h2-3,5-8,14-15H,4,9-13H2,1H3,(H,26,27,28). The van der Waals surface area contributed by atoms with Gasteiger partial charge in [-0.25, -0.2) is 9.37 Å². The third-order valence-electron chi connectivity index (χ3n) is 5.39. The topological polar surface area (TPSA) is 74.2 Å². The minimum absolute atomic E-state index is 0.0843. The SMILES string of the molecule is Cc1ccc(Nc2ccc(N3CCN(C(=O)CCc4ccc(F)c(Cl)c4)CC3)nn2)nc1. The maximum Gasteiger partial charge on any atom is 0.223 e. The Morgan fingerprint density at radius 3 is 2.50 bits per heavy atom. The molecule has 1 aliphatic heterocycles. The number of nitrogens with zero attached hydrogens (tertiary/aromatic N) is 5. The molecule has 0 saturated carbocycles. The molecule has 0 radical (unpaired) electrons. The van der Waals surface area contributed by atoms with Crippen LogP contribution in [0.3, 0.4) is 0 Å². The highest BCUT2D eigenvalue weighted by Gasteiger charge is 2.22. The summed E-state index contributed by atoms with van der Waals surface area (Å²) in [4.78, 5) is 20.8. The third-order valence-corrected chi connectivity index (χ3v) is 5.68. The maximum atomic E-state index is 13.3. The minimum Gasteiger partial charge on any atom is -0.352 e. The first-order valence-electron chi connectivity index (χ1n) is 10.5. The Kier molecular flexibility index (Phi) is 6.80. The summed E-state index contributed by atoms with van der Waals surface area (Å²) in [5.74, 6) is 1.76. The average molecular weight is 455 g/mol. The number of benzene rings is 1. The van der Waals surface area contributed by atoms with E-state index in [0.29, 0.717) is 50.7 Å². The number of pyridine rings is 1. The van der Waals surface area contributed by atoms with E-state index < -0.39 is 5.82 Å². The number of nitrogens with one attached hydrogen (secondary N) is 1. The Morgan fingerprint density at radius 2 is 1.84 bits per heavy atom. The summed E-state index contributed by atoms with van der Waals surface area (Å²) < 4.78 is 13.3. The number of carbonyl (C=O) groups is 1. The Bertz CT molecular complexity index is 1070. The normalized spacial score (nSPS) is 13.8. The smallest absolute Gasteiger partial charge is 0.223 e. The van der Waals surface area contributed by atoms with Crippen LogP contribution in [-0.4, -0.2) is 52.2 Å². The van der Waals surface area contributed by atoms with Gasteiger partial charge >= 0.3 is 0 Å². The van der Waals surface area contributed by atoms with Crippen LogP contribution in [0.15, 0.2) is 48.7 Å². The van der Waals surface area contributed by atoms with E-state index in [2.05, 4.69) is 25.4 Å². The van der Waals surface area contributed by atoms with E-state index in [-0.39, 0.29) is 10.9 Å². The molecule has 1 aromatic carbocycles. The number of amides is 1. The fourth-order valence-corrected chi connectivity index (χ4v) is 3.73. The molecule has 0 spiro atoms. The van der Waals surface area contributed by atoms with Gasteiger partial charge in [-0.15, -0.1) is 10.2 Å². The van der Waals surface area contributed by atoms with Crippen LogP contribution in [0.2, 0.25) is 5.02 Å². The molecule has 3 aromatic rings. The van der Waals surface area contributed by atoms with Gasteiger partial charge in [-0.3, -0.25) is 4.79 Å². The first kappa shape index (κ1) is 22.0. The minimum atomic E-state index is -0.448. The predicted molar refractivity (Wildman–Crippen MR) is 123 cm³/mol. The molecular weight excluding hydrogens is 431 g/mol. The van der Waals surface area contributed by atoms with Gasteiger partial charge in [0.05, 0.1) is 5.02 Å². The largest absolute Gasteiger partial charge is 0.352 e. The molecule has 1 fully saturated rings. The molecule has 0 atom stereocenters. The summed E-state index contributed by atoms with van der Waals surface area (Å²) in [6.45, 7) is 4.61. The molecule has 166 valence electrons. The lowest BCUT2D eigenvalue weighted by Crippen LogP contribution is -2.49. The van der Waals surface area contributed by atoms with Crippen LogP contribution in [-0.2, 0) is 11.2 Å². The first-order valence-corrected chi connectivity index (χ1v) is 10.9. The second-order valence-corrected chi connectivity index (χ2v) is 8.15. The van der Waals surface area contributed by atoms with Crippen molar-refractivity contribution in [3.05, 3.63) is 70.6 Å². The zero-order chi connectivity index (χ0) is 22.5. The monoisotopic (exact) mass is 454 g/mol. The molecule has 1 amide bonds. The highest BCUT2D eigenvalue weighted by atomic mass is 35.5. The molecule has 2 aromatic heterocycles. The Labute approximate surface area is 191 Å². The van der Waals surface area contributed by atoms with Crippen LogP contribution >= 0.6 is 11.6 Å². The highest BCUT2D eigenvalue weighted by Crippen LogP contribution is 2.19. The number of halogens is 2. The van der Waals surface area contributed by atoms with Gasteiger partial charge in [0.2, 0.25) is 5.91 Å². The summed E-state index contributed by atoms with van der Waals surface area (Å²) in [6, 6.07) is 12.2. The van der Waals surface area contributed by atoms with E-state index in [1.54, 1.807) is 18.3 Å². The summed E-state index contributed by atoms with van der Waals surface area (Å²) in [6.07, 6.45) is 2.70. The lowest BCUT2D eigenvalue weighted by molar-refractivity contribution is -0.131. The molecule has 0 aliphatic carbocycles. The van der Waals surface area contributed by atoms with Crippen LogP contribution in [0.25, 0.3) is 0 Å². The predicted octanol–water partition coefficient (Wildman–Crippen LogP) is 4.00. The van der Waals surface area contributed by atoms with Gasteiger partial charge in [0.1, 0.15) is 11.6 Å². The van der Waals surface area contributed by atoms with E-state index >= 15 is 0 Å². The molecule has 1 N–H and O–H groups in total.